The van der Waals surface area contributed by atoms with E-state index in [1.54, 1.807) is 11.2 Å². The first kappa shape index (κ1) is 35.9. The minimum atomic E-state index is -5.08. The maximum absolute atomic E-state index is 12.8. The number of carbonyl (C=O) groups excluding carboxylic acids is 1. The standard InChI is InChI=1S/C23H30N6O.2C2HF3O2/c1-3-4-12-27(2)23(30)21-22-25-11-7-20(29(22)17-26-21)19-8-13-28(14-9-19)16-18-6-5-10-24-15-18;2*3-2(4,5)1(6)7/h5-7,10-11,15,17,19H,3-4,8-9,12-14,16H2,1-2H3;2*(H,6,7). The molecule has 0 aromatic carbocycles. The number of aliphatic carboxylic acids is 2. The Hall–Kier alpha value is -4.28. The SMILES string of the molecule is CCCCN(C)C(=O)c1ncn2c(C3CCN(Cc4cccnc4)CC3)ccnc12.O=C(O)C(F)(F)F.O=C(O)C(F)(F)F. The molecule has 1 amide bonds. The lowest BCUT2D eigenvalue weighted by atomic mass is 9.93. The Morgan fingerprint density at radius 2 is 1.57 bits per heavy atom. The highest BCUT2D eigenvalue weighted by molar-refractivity contribution is 5.97. The van der Waals surface area contributed by atoms with Crippen LogP contribution in [0.15, 0.2) is 43.1 Å². The quantitative estimate of drug-likeness (QED) is 0.356. The number of carboxylic acid groups (broad SMARTS) is 2. The van der Waals surface area contributed by atoms with Crippen LogP contribution in [0, 0.1) is 0 Å². The minimum absolute atomic E-state index is 0.0538. The molecule has 44 heavy (non-hydrogen) atoms. The maximum atomic E-state index is 12.8. The lowest BCUT2D eigenvalue weighted by molar-refractivity contribution is -0.193. The number of piperidine rings is 1. The van der Waals surface area contributed by atoms with Crippen molar-refractivity contribution in [1.82, 2.24) is 29.2 Å². The summed E-state index contributed by atoms with van der Waals surface area (Å²) < 4.78 is 65.5. The van der Waals surface area contributed by atoms with Gasteiger partial charge in [-0.1, -0.05) is 19.4 Å². The van der Waals surface area contributed by atoms with Crippen molar-refractivity contribution < 1.29 is 50.9 Å². The third-order valence-corrected chi connectivity index (χ3v) is 6.48. The molecule has 0 saturated carbocycles. The molecule has 17 heteroatoms. The van der Waals surface area contributed by atoms with Crippen molar-refractivity contribution in [3.05, 3.63) is 60.1 Å². The van der Waals surface area contributed by atoms with Gasteiger partial charge in [0.15, 0.2) is 11.3 Å². The van der Waals surface area contributed by atoms with Crippen molar-refractivity contribution in [2.75, 3.05) is 26.7 Å². The van der Waals surface area contributed by atoms with E-state index in [9.17, 15) is 31.1 Å². The molecule has 3 aromatic heterocycles. The molecule has 1 saturated heterocycles. The number of aromatic nitrogens is 4. The normalized spacial score (nSPS) is 14.2. The van der Waals surface area contributed by atoms with Crippen LogP contribution in [0.3, 0.4) is 0 Å². The van der Waals surface area contributed by atoms with Crippen LogP contribution in [0.5, 0.6) is 0 Å². The molecule has 4 rings (SSSR count). The van der Waals surface area contributed by atoms with Gasteiger partial charge in [0.05, 0.1) is 0 Å². The summed E-state index contributed by atoms with van der Waals surface area (Å²) in [4.78, 5) is 48.0. The number of hydrogen-bond acceptors (Lipinski definition) is 7. The zero-order valence-electron chi connectivity index (χ0n) is 23.8. The highest BCUT2D eigenvalue weighted by Crippen LogP contribution is 2.29. The van der Waals surface area contributed by atoms with Crippen molar-refractivity contribution in [3.63, 3.8) is 0 Å². The van der Waals surface area contributed by atoms with Gasteiger partial charge in [-0.2, -0.15) is 26.3 Å². The van der Waals surface area contributed by atoms with E-state index in [1.807, 2.05) is 36.1 Å². The third kappa shape index (κ3) is 10.8. The van der Waals surface area contributed by atoms with E-state index in [0.717, 1.165) is 51.9 Å². The lowest BCUT2D eigenvalue weighted by Gasteiger charge is -2.32. The molecule has 0 unspecified atom stereocenters. The summed E-state index contributed by atoms with van der Waals surface area (Å²) in [6.45, 7) is 5.90. The van der Waals surface area contributed by atoms with Crippen molar-refractivity contribution in [3.8, 4) is 0 Å². The lowest BCUT2D eigenvalue weighted by Crippen LogP contribution is -2.33. The van der Waals surface area contributed by atoms with Crippen LogP contribution in [0.1, 0.15) is 60.3 Å². The van der Waals surface area contributed by atoms with Crippen LogP contribution in [0.25, 0.3) is 5.65 Å². The monoisotopic (exact) mass is 634 g/mol. The van der Waals surface area contributed by atoms with Gasteiger partial charge < -0.3 is 15.1 Å². The second kappa shape index (κ2) is 16.0. The van der Waals surface area contributed by atoms with Crippen molar-refractivity contribution >= 4 is 23.5 Å². The number of carbonyl (C=O) groups is 3. The van der Waals surface area contributed by atoms with Gasteiger partial charge in [-0.3, -0.25) is 19.1 Å². The molecule has 2 N–H and O–H groups in total. The van der Waals surface area contributed by atoms with E-state index < -0.39 is 24.3 Å². The molecule has 0 radical (unpaired) electrons. The van der Waals surface area contributed by atoms with Crippen LogP contribution in [-0.2, 0) is 16.1 Å². The summed E-state index contributed by atoms with van der Waals surface area (Å²) >= 11 is 0. The van der Waals surface area contributed by atoms with Gasteiger partial charge in [-0.25, -0.2) is 19.6 Å². The predicted octanol–water partition coefficient (Wildman–Crippen LogP) is 4.64. The van der Waals surface area contributed by atoms with E-state index in [-0.39, 0.29) is 5.91 Å². The van der Waals surface area contributed by atoms with Crippen molar-refractivity contribution in [1.29, 1.82) is 0 Å². The van der Waals surface area contributed by atoms with Crippen LogP contribution < -0.4 is 0 Å². The van der Waals surface area contributed by atoms with Crippen LogP contribution in [0.4, 0.5) is 26.3 Å². The summed E-state index contributed by atoms with van der Waals surface area (Å²) in [7, 11) is 1.84. The van der Waals surface area contributed by atoms with Gasteiger partial charge in [-0.05, 0) is 50.0 Å². The number of hydrogen-bond donors (Lipinski definition) is 2. The first-order valence-corrected chi connectivity index (χ1v) is 13.3. The van der Waals surface area contributed by atoms with Crippen LogP contribution in [-0.4, -0.2) is 96.2 Å². The Morgan fingerprint density at radius 3 is 2.07 bits per heavy atom. The average Bonchev–Trinajstić information content (AvgIpc) is 3.40. The topological polar surface area (TPSA) is 141 Å². The molecule has 1 aliphatic heterocycles. The first-order valence-electron chi connectivity index (χ1n) is 13.3. The number of unbranched alkanes of at least 4 members (excludes halogenated alkanes) is 1. The Kier molecular flexibility index (Phi) is 13.0. The second-order valence-electron chi connectivity index (χ2n) is 9.75. The zero-order valence-corrected chi connectivity index (χ0v) is 23.8. The molecule has 242 valence electrons. The summed E-state index contributed by atoms with van der Waals surface area (Å²) in [5, 5.41) is 14.2. The van der Waals surface area contributed by atoms with Crippen LogP contribution >= 0.6 is 0 Å². The minimum Gasteiger partial charge on any atom is -0.475 e. The summed E-state index contributed by atoms with van der Waals surface area (Å²) in [6.07, 6.45) is 1.39. The highest BCUT2D eigenvalue weighted by atomic mass is 19.4. The fourth-order valence-electron chi connectivity index (χ4n) is 4.22. The number of fused-ring (bicyclic) bond motifs is 1. The van der Waals surface area contributed by atoms with Gasteiger partial charge in [0, 0.05) is 50.3 Å². The number of halogens is 6. The number of carboxylic acids is 2. The van der Waals surface area contributed by atoms with Gasteiger partial charge >= 0.3 is 24.3 Å². The second-order valence-corrected chi connectivity index (χ2v) is 9.75. The maximum Gasteiger partial charge on any atom is 0.490 e. The molecule has 4 heterocycles. The molecule has 11 nitrogen and oxygen atoms in total. The number of alkyl halides is 6. The Bertz CT molecular complexity index is 1350. The fraction of sp³-hybridized carbons (Fsp3) is 0.481. The summed E-state index contributed by atoms with van der Waals surface area (Å²) in [6, 6.07) is 6.20. The number of imidazole rings is 1. The van der Waals surface area contributed by atoms with E-state index >= 15 is 0 Å². The Balaban J connectivity index is 0.000000402. The number of pyridine rings is 1. The molecule has 1 fully saturated rings. The first-order chi connectivity index (χ1) is 20.6. The van der Waals surface area contributed by atoms with Crippen molar-refractivity contribution in [2.45, 2.75) is 57.4 Å². The third-order valence-electron chi connectivity index (χ3n) is 6.48. The van der Waals surface area contributed by atoms with E-state index in [1.165, 1.54) is 11.3 Å². The Morgan fingerprint density at radius 1 is 0.977 bits per heavy atom. The van der Waals surface area contributed by atoms with Gasteiger partial charge in [0.2, 0.25) is 0 Å². The van der Waals surface area contributed by atoms with E-state index in [2.05, 4.69) is 38.9 Å². The summed E-state index contributed by atoms with van der Waals surface area (Å²) in [5.41, 5.74) is 3.57. The molecule has 0 spiro atoms. The number of rotatable bonds is 7. The Labute approximate surface area is 248 Å². The fourth-order valence-corrected chi connectivity index (χ4v) is 4.22. The zero-order chi connectivity index (χ0) is 33.1. The van der Waals surface area contributed by atoms with Gasteiger partial charge in [0.25, 0.3) is 5.91 Å². The molecule has 1 aliphatic rings. The van der Waals surface area contributed by atoms with Gasteiger partial charge in [0.1, 0.15) is 6.33 Å². The van der Waals surface area contributed by atoms with Gasteiger partial charge in [-0.15, -0.1) is 0 Å². The van der Waals surface area contributed by atoms with Crippen LogP contribution in [0.2, 0.25) is 0 Å². The number of nitrogens with zero attached hydrogens (tertiary/aromatic N) is 6. The molecule has 0 atom stereocenters. The predicted molar refractivity (Wildman–Crippen MR) is 144 cm³/mol. The smallest absolute Gasteiger partial charge is 0.475 e. The largest absolute Gasteiger partial charge is 0.490 e. The number of likely N-dealkylation sites (tertiary alicyclic amines) is 1. The van der Waals surface area contributed by atoms with E-state index in [4.69, 9.17) is 19.8 Å². The average molecular weight is 635 g/mol. The van der Waals surface area contributed by atoms with E-state index in [0.29, 0.717) is 17.3 Å². The highest BCUT2D eigenvalue weighted by Gasteiger charge is 2.39. The molecule has 3 aromatic rings. The summed E-state index contributed by atoms with van der Waals surface area (Å²) in [5.74, 6) is -5.13. The molecular weight excluding hydrogens is 602 g/mol. The molecular formula is C27H32F6N6O5. The van der Waals surface area contributed by atoms with Crippen molar-refractivity contribution in [2.24, 2.45) is 0 Å². The molecule has 0 bridgehead atoms. The molecule has 0 aliphatic carbocycles. The number of amides is 1.